The minimum Gasteiger partial charge on any atom is -0.370 e. The second-order valence-electron chi connectivity index (χ2n) is 5.71. The number of nitrogens with zero attached hydrogens (tertiary/aromatic N) is 2. The molecule has 1 aliphatic heterocycles. The lowest BCUT2D eigenvalue weighted by Gasteiger charge is -2.43. The minimum atomic E-state index is 0.305. The Morgan fingerprint density at radius 3 is 2.56 bits per heavy atom. The molecular weight excluding hydrogens is 198 g/mol. The van der Waals surface area contributed by atoms with Crippen LogP contribution in [0.3, 0.4) is 0 Å². The highest BCUT2D eigenvalue weighted by Crippen LogP contribution is 2.49. The van der Waals surface area contributed by atoms with Crippen molar-refractivity contribution in [2.24, 2.45) is 16.6 Å². The first kappa shape index (κ1) is 10.4. The molecule has 0 aromatic rings. The van der Waals surface area contributed by atoms with Crippen LogP contribution in [0.5, 0.6) is 0 Å². The van der Waals surface area contributed by atoms with Crippen molar-refractivity contribution < 1.29 is 0 Å². The van der Waals surface area contributed by atoms with Gasteiger partial charge in [0.1, 0.15) is 0 Å². The molecule has 3 heteroatoms. The summed E-state index contributed by atoms with van der Waals surface area (Å²) in [6.07, 6.45) is 9.38. The van der Waals surface area contributed by atoms with Gasteiger partial charge in [0.25, 0.3) is 0 Å². The van der Waals surface area contributed by atoms with Crippen molar-refractivity contribution in [2.75, 3.05) is 6.54 Å². The number of hydrogen-bond donors (Lipinski definition) is 1. The molecule has 2 saturated carbocycles. The Bertz CT molecular complexity index is 302. The molecule has 0 bridgehead atoms. The average Bonchev–Trinajstić information content (AvgIpc) is 2.90. The quantitative estimate of drug-likeness (QED) is 0.793. The Balaban J connectivity index is 1.87. The predicted octanol–water partition coefficient (Wildman–Crippen LogP) is 2.12. The van der Waals surface area contributed by atoms with Crippen molar-refractivity contribution in [1.29, 1.82) is 0 Å². The monoisotopic (exact) mass is 221 g/mol. The van der Waals surface area contributed by atoms with Gasteiger partial charge in [-0.1, -0.05) is 19.8 Å². The summed E-state index contributed by atoms with van der Waals surface area (Å²) in [5, 5.41) is 0. The Morgan fingerprint density at radius 2 is 2.00 bits per heavy atom. The van der Waals surface area contributed by atoms with Gasteiger partial charge < -0.3 is 10.6 Å². The van der Waals surface area contributed by atoms with E-state index in [2.05, 4.69) is 16.8 Å². The third kappa shape index (κ3) is 1.36. The summed E-state index contributed by atoms with van der Waals surface area (Å²) in [6.45, 7) is 3.27. The Kier molecular flexibility index (Phi) is 2.37. The molecule has 0 spiro atoms. The highest BCUT2D eigenvalue weighted by molar-refractivity contribution is 5.81. The SMILES string of the molecule is CCC1(C2CC2)CN=C(N)N1C1CCCC1. The third-order valence-electron chi connectivity index (χ3n) is 4.88. The van der Waals surface area contributed by atoms with Gasteiger partial charge >= 0.3 is 0 Å². The van der Waals surface area contributed by atoms with Crippen LogP contribution in [-0.2, 0) is 0 Å². The normalized spacial score (nSPS) is 35.8. The van der Waals surface area contributed by atoms with Crippen molar-refractivity contribution in [3.8, 4) is 0 Å². The molecular formula is C13H23N3. The topological polar surface area (TPSA) is 41.6 Å². The van der Waals surface area contributed by atoms with E-state index in [1.165, 1.54) is 44.9 Å². The standard InChI is InChI=1S/C13H23N3/c1-2-13(10-7-8-10)9-15-12(14)16(13)11-5-3-4-6-11/h10-11H,2-9H2,1H3,(H2,14,15). The largest absolute Gasteiger partial charge is 0.370 e. The van der Waals surface area contributed by atoms with Crippen molar-refractivity contribution in [3.05, 3.63) is 0 Å². The number of nitrogens with two attached hydrogens (primary N) is 1. The summed E-state index contributed by atoms with van der Waals surface area (Å²) in [4.78, 5) is 7.09. The zero-order valence-corrected chi connectivity index (χ0v) is 10.3. The molecule has 1 atom stereocenters. The molecule has 1 heterocycles. The van der Waals surface area contributed by atoms with E-state index in [-0.39, 0.29) is 0 Å². The molecule has 3 aliphatic rings. The van der Waals surface area contributed by atoms with Gasteiger partial charge in [0.2, 0.25) is 0 Å². The fraction of sp³-hybridized carbons (Fsp3) is 0.923. The van der Waals surface area contributed by atoms with Gasteiger partial charge in [-0.05, 0) is 38.0 Å². The van der Waals surface area contributed by atoms with Crippen LogP contribution in [0, 0.1) is 5.92 Å². The van der Waals surface area contributed by atoms with E-state index in [1.807, 2.05) is 0 Å². The second kappa shape index (κ2) is 3.64. The lowest BCUT2D eigenvalue weighted by atomic mass is 9.87. The van der Waals surface area contributed by atoms with E-state index in [9.17, 15) is 0 Å². The van der Waals surface area contributed by atoms with Crippen molar-refractivity contribution in [2.45, 2.75) is 63.5 Å². The summed E-state index contributed by atoms with van der Waals surface area (Å²) < 4.78 is 0. The van der Waals surface area contributed by atoms with Crippen LogP contribution in [0.1, 0.15) is 51.9 Å². The summed E-state index contributed by atoms with van der Waals surface area (Å²) >= 11 is 0. The molecule has 0 radical (unpaired) electrons. The van der Waals surface area contributed by atoms with Gasteiger partial charge in [-0.2, -0.15) is 0 Å². The van der Waals surface area contributed by atoms with Gasteiger partial charge in [0, 0.05) is 6.04 Å². The van der Waals surface area contributed by atoms with E-state index >= 15 is 0 Å². The molecule has 90 valence electrons. The van der Waals surface area contributed by atoms with E-state index in [0.717, 1.165) is 18.4 Å². The molecule has 3 rings (SSSR count). The Hall–Kier alpha value is -0.730. The zero-order chi connectivity index (χ0) is 11.2. The third-order valence-corrected chi connectivity index (χ3v) is 4.88. The second-order valence-corrected chi connectivity index (χ2v) is 5.71. The highest BCUT2D eigenvalue weighted by atomic mass is 15.4. The Labute approximate surface area is 98.1 Å². The molecule has 0 aromatic carbocycles. The van der Waals surface area contributed by atoms with Crippen molar-refractivity contribution >= 4 is 5.96 Å². The van der Waals surface area contributed by atoms with E-state index in [1.54, 1.807) is 0 Å². The van der Waals surface area contributed by atoms with E-state index < -0.39 is 0 Å². The van der Waals surface area contributed by atoms with Gasteiger partial charge in [-0.25, -0.2) is 0 Å². The van der Waals surface area contributed by atoms with Crippen LogP contribution < -0.4 is 5.73 Å². The van der Waals surface area contributed by atoms with Crippen LogP contribution in [0.25, 0.3) is 0 Å². The van der Waals surface area contributed by atoms with Crippen LogP contribution in [-0.4, -0.2) is 29.0 Å². The van der Waals surface area contributed by atoms with Crippen LogP contribution in [0.2, 0.25) is 0 Å². The molecule has 2 aliphatic carbocycles. The molecule has 2 N–H and O–H groups in total. The molecule has 2 fully saturated rings. The zero-order valence-electron chi connectivity index (χ0n) is 10.3. The lowest BCUT2D eigenvalue weighted by Crippen LogP contribution is -2.56. The number of guanidine groups is 1. The van der Waals surface area contributed by atoms with E-state index in [4.69, 9.17) is 5.73 Å². The molecule has 1 unspecified atom stereocenters. The molecule has 0 amide bonds. The average molecular weight is 221 g/mol. The van der Waals surface area contributed by atoms with Crippen molar-refractivity contribution in [3.63, 3.8) is 0 Å². The number of aliphatic imine (C=N–C) groups is 1. The molecule has 0 aromatic heterocycles. The van der Waals surface area contributed by atoms with Crippen LogP contribution in [0.15, 0.2) is 4.99 Å². The molecule has 3 nitrogen and oxygen atoms in total. The summed E-state index contributed by atoms with van der Waals surface area (Å²) in [5.41, 5.74) is 6.46. The first-order chi connectivity index (χ1) is 7.78. The summed E-state index contributed by atoms with van der Waals surface area (Å²) in [5.74, 6) is 1.70. The molecule has 0 saturated heterocycles. The fourth-order valence-electron chi connectivity index (χ4n) is 3.83. The van der Waals surface area contributed by atoms with Gasteiger partial charge in [-0.15, -0.1) is 0 Å². The van der Waals surface area contributed by atoms with E-state index in [0.29, 0.717) is 11.6 Å². The number of rotatable bonds is 3. The summed E-state index contributed by atoms with van der Waals surface area (Å²) in [6, 6.07) is 0.687. The highest BCUT2D eigenvalue weighted by Gasteiger charge is 2.53. The summed E-state index contributed by atoms with van der Waals surface area (Å²) in [7, 11) is 0. The first-order valence-electron chi connectivity index (χ1n) is 6.87. The van der Waals surface area contributed by atoms with Crippen LogP contribution >= 0.6 is 0 Å². The fourth-order valence-corrected chi connectivity index (χ4v) is 3.83. The maximum absolute atomic E-state index is 6.15. The first-order valence-corrected chi connectivity index (χ1v) is 6.87. The molecule has 16 heavy (non-hydrogen) atoms. The predicted molar refractivity (Wildman–Crippen MR) is 66.3 cm³/mol. The maximum Gasteiger partial charge on any atom is 0.192 e. The van der Waals surface area contributed by atoms with Crippen molar-refractivity contribution in [1.82, 2.24) is 4.90 Å². The smallest absolute Gasteiger partial charge is 0.192 e. The van der Waals surface area contributed by atoms with Crippen LogP contribution in [0.4, 0.5) is 0 Å². The lowest BCUT2D eigenvalue weighted by molar-refractivity contribution is 0.119. The van der Waals surface area contributed by atoms with Gasteiger partial charge in [-0.3, -0.25) is 4.99 Å². The maximum atomic E-state index is 6.15. The van der Waals surface area contributed by atoms with Gasteiger partial charge in [0.15, 0.2) is 5.96 Å². The van der Waals surface area contributed by atoms with Gasteiger partial charge in [0.05, 0.1) is 12.1 Å². The number of hydrogen-bond acceptors (Lipinski definition) is 3. The minimum absolute atomic E-state index is 0.305. The Morgan fingerprint density at radius 1 is 1.31 bits per heavy atom.